The van der Waals surface area contributed by atoms with Crippen LogP contribution >= 0.6 is 11.6 Å². The van der Waals surface area contributed by atoms with Gasteiger partial charge in [-0.1, -0.05) is 16.8 Å². The second kappa shape index (κ2) is 8.31. The van der Waals surface area contributed by atoms with E-state index in [4.69, 9.17) is 16.3 Å². The molecule has 2 aliphatic rings. The van der Waals surface area contributed by atoms with Crippen molar-refractivity contribution in [1.82, 2.24) is 5.01 Å². The highest BCUT2D eigenvalue weighted by Gasteiger charge is 2.55. The van der Waals surface area contributed by atoms with Crippen LogP contribution in [0.3, 0.4) is 0 Å². The number of benzene rings is 2. The van der Waals surface area contributed by atoms with Crippen LogP contribution in [0.2, 0.25) is 5.02 Å². The molecule has 31 heavy (non-hydrogen) atoms. The number of halogens is 2. The Hall–Kier alpha value is -3.53. The van der Waals surface area contributed by atoms with Crippen molar-refractivity contribution < 1.29 is 23.5 Å². The summed E-state index contributed by atoms with van der Waals surface area (Å²) < 4.78 is 18.8. The molecular formula is C20H17ClFN5O4. The maximum Gasteiger partial charge on any atom is 0.263 e. The molecule has 11 heteroatoms. The predicted octanol–water partition coefficient (Wildman–Crippen LogP) is 2.81. The molecule has 0 aliphatic carbocycles. The summed E-state index contributed by atoms with van der Waals surface area (Å²) in [4.78, 5) is 38.9. The third-order valence-corrected chi connectivity index (χ3v) is 5.06. The van der Waals surface area contributed by atoms with Gasteiger partial charge in [0.25, 0.3) is 11.8 Å². The van der Waals surface area contributed by atoms with Gasteiger partial charge in [-0.25, -0.2) is 9.29 Å². The fraction of sp³-hybridized carbons (Fsp3) is 0.250. The summed E-state index contributed by atoms with van der Waals surface area (Å²) in [5.74, 6) is -1.66. The Morgan fingerprint density at radius 1 is 1.19 bits per heavy atom. The quantitative estimate of drug-likeness (QED) is 0.688. The maximum absolute atomic E-state index is 13.4. The first-order valence-electron chi connectivity index (χ1n) is 9.42. The number of carbonyl (C=O) groups is 3. The van der Waals surface area contributed by atoms with E-state index in [1.54, 1.807) is 24.3 Å². The molecular weight excluding hydrogens is 429 g/mol. The van der Waals surface area contributed by atoms with Crippen molar-refractivity contribution in [3.05, 3.63) is 53.3 Å². The minimum Gasteiger partial charge on any atom is -0.494 e. The second-order valence-electron chi connectivity index (χ2n) is 6.81. The van der Waals surface area contributed by atoms with E-state index in [2.05, 4.69) is 15.7 Å². The van der Waals surface area contributed by atoms with Gasteiger partial charge in [0, 0.05) is 5.69 Å². The highest BCUT2D eigenvalue weighted by atomic mass is 35.5. The highest BCUT2D eigenvalue weighted by Crippen LogP contribution is 2.33. The third-order valence-electron chi connectivity index (χ3n) is 4.77. The van der Waals surface area contributed by atoms with Crippen LogP contribution < -0.4 is 15.0 Å². The van der Waals surface area contributed by atoms with E-state index in [-0.39, 0.29) is 17.3 Å². The Morgan fingerprint density at radius 2 is 1.94 bits per heavy atom. The molecule has 2 aliphatic heterocycles. The van der Waals surface area contributed by atoms with E-state index in [0.29, 0.717) is 18.0 Å². The number of ether oxygens (including phenoxy) is 1. The lowest BCUT2D eigenvalue weighted by atomic mass is 10.1. The van der Waals surface area contributed by atoms with Crippen LogP contribution in [0.4, 0.5) is 15.8 Å². The van der Waals surface area contributed by atoms with E-state index in [1.165, 1.54) is 17.1 Å². The SMILES string of the molecule is CCOc1ccc(NC(=O)CN2N=N[C@@H]3C(=O)N(c4ccc(F)c(Cl)c4)C(=O)[C@H]32)cc1. The average molecular weight is 446 g/mol. The molecule has 2 aromatic rings. The van der Waals surface area contributed by atoms with Crippen molar-refractivity contribution in [3.63, 3.8) is 0 Å². The number of nitrogens with one attached hydrogen (secondary N) is 1. The van der Waals surface area contributed by atoms with E-state index in [1.807, 2.05) is 6.92 Å². The first-order valence-corrected chi connectivity index (χ1v) is 9.80. The minimum absolute atomic E-state index is 0.129. The van der Waals surface area contributed by atoms with Gasteiger partial charge in [-0.15, -0.1) is 0 Å². The lowest BCUT2D eigenvalue weighted by Crippen LogP contribution is -2.43. The molecule has 0 saturated carbocycles. The summed E-state index contributed by atoms with van der Waals surface area (Å²) in [5, 5.41) is 11.3. The zero-order valence-electron chi connectivity index (χ0n) is 16.3. The van der Waals surface area contributed by atoms with Crippen molar-refractivity contribution in [2.45, 2.75) is 19.0 Å². The molecule has 9 nitrogen and oxygen atoms in total. The Morgan fingerprint density at radius 3 is 2.61 bits per heavy atom. The van der Waals surface area contributed by atoms with E-state index in [9.17, 15) is 18.8 Å². The average Bonchev–Trinajstić information content (AvgIpc) is 3.25. The molecule has 1 saturated heterocycles. The topological polar surface area (TPSA) is 104 Å². The van der Waals surface area contributed by atoms with Gasteiger partial charge < -0.3 is 10.1 Å². The molecule has 0 spiro atoms. The van der Waals surface area contributed by atoms with E-state index >= 15 is 0 Å². The van der Waals surface area contributed by atoms with Crippen LogP contribution in [0.5, 0.6) is 5.75 Å². The lowest BCUT2D eigenvalue weighted by Gasteiger charge is -2.20. The Bertz CT molecular complexity index is 1080. The first-order chi connectivity index (χ1) is 14.9. The molecule has 0 bridgehead atoms. The molecule has 2 aromatic carbocycles. The van der Waals surface area contributed by atoms with Crippen molar-refractivity contribution in [3.8, 4) is 5.75 Å². The van der Waals surface area contributed by atoms with Crippen molar-refractivity contribution >= 4 is 40.7 Å². The van der Waals surface area contributed by atoms with Gasteiger partial charge in [-0.3, -0.25) is 19.4 Å². The summed E-state index contributed by atoms with van der Waals surface area (Å²) in [7, 11) is 0. The first kappa shape index (κ1) is 20.7. The van der Waals surface area contributed by atoms with Gasteiger partial charge in [0.1, 0.15) is 18.1 Å². The third kappa shape index (κ3) is 3.93. The number of imide groups is 1. The molecule has 0 radical (unpaired) electrons. The summed E-state index contributed by atoms with van der Waals surface area (Å²) in [5.41, 5.74) is 0.669. The number of amides is 3. The van der Waals surface area contributed by atoms with Crippen LogP contribution in [0, 0.1) is 5.82 Å². The second-order valence-corrected chi connectivity index (χ2v) is 7.22. The highest BCUT2D eigenvalue weighted by molar-refractivity contribution is 6.32. The van der Waals surface area contributed by atoms with E-state index < -0.39 is 35.6 Å². The predicted molar refractivity (Wildman–Crippen MR) is 109 cm³/mol. The van der Waals surface area contributed by atoms with Gasteiger partial charge in [-0.05, 0) is 49.4 Å². The molecule has 3 amide bonds. The monoisotopic (exact) mass is 445 g/mol. The molecule has 160 valence electrons. The Kier molecular flexibility index (Phi) is 5.55. The fourth-order valence-corrected chi connectivity index (χ4v) is 3.56. The van der Waals surface area contributed by atoms with Gasteiger partial charge in [-0.2, -0.15) is 5.11 Å². The summed E-state index contributed by atoms with van der Waals surface area (Å²) in [6.45, 7) is 2.12. The molecule has 0 aromatic heterocycles. The Labute approximate surface area is 181 Å². The number of rotatable bonds is 6. The number of anilines is 2. The smallest absolute Gasteiger partial charge is 0.263 e. The number of carbonyl (C=O) groups excluding carboxylic acids is 3. The normalized spacial score (nSPS) is 19.7. The van der Waals surface area contributed by atoms with Gasteiger partial charge in [0.2, 0.25) is 5.91 Å². The largest absolute Gasteiger partial charge is 0.494 e. The van der Waals surface area contributed by atoms with Crippen molar-refractivity contribution in [2.75, 3.05) is 23.4 Å². The van der Waals surface area contributed by atoms with Crippen LogP contribution in [0.25, 0.3) is 0 Å². The number of hydrogen-bond acceptors (Lipinski definition) is 7. The zero-order chi connectivity index (χ0) is 22.1. The molecule has 0 unspecified atom stereocenters. The van der Waals surface area contributed by atoms with Crippen molar-refractivity contribution in [2.24, 2.45) is 10.3 Å². The number of nitrogens with zero attached hydrogens (tertiary/aromatic N) is 4. The van der Waals surface area contributed by atoms with Crippen LogP contribution in [-0.2, 0) is 14.4 Å². The molecule has 1 N–H and O–H groups in total. The van der Waals surface area contributed by atoms with Crippen LogP contribution in [-0.4, -0.2) is 48.0 Å². The minimum atomic E-state index is -1.07. The van der Waals surface area contributed by atoms with Crippen molar-refractivity contribution in [1.29, 1.82) is 0 Å². The fourth-order valence-electron chi connectivity index (χ4n) is 3.38. The maximum atomic E-state index is 13.4. The van der Waals surface area contributed by atoms with E-state index in [0.717, 1.165) is 11.0 Å². The summed E-state index contributed by atoms with van der Waals surface area (Å²) in [6.07, 6.45) is 0. The number of fused-ring (bicyclic) bond motifs is 1. The lowest BCUT2D eigenvalue weighted by molar-refractivity contribution is -0.123. The Balaban J connectivity index is 1.45. The summed E-state index contributed by atoms with van der Waals surface area (Å²) >= 11 is 5.77. The molecule has 4 rings (SSSR count). The van der Waals surface area contributed by atoms with Crippen LogP contribution in [0.1, 0.15) is 6.92 Å². The number of hydrogen-bond donors (Lipinski definition) is 1. The summed E-state index contributed by atoms with van der Waals surface area (Å²) in [6, 6.07) is 8.20. The molecule has 1 fully saturated rings. The molecule has 2 atom stereocenters. The standard InChI is InChI=1S/C20H17ClFN5O4/c1-2-31-13-6-3-11(4-7-13)23-16(28)10-26-18-17(24-25-26)19(29)27(20(18)30)12-5-8-15(22)14(21)9-12/h3-9,17-18H,2,10H2,1H3,(H,23,28)/t17-,18-/m0/s1. The zero-order valence-corrected chi connectivity index (χ0v) is 17.0. The van der Waals surface area contributed by atoms with Gasteiger partial charge in [0.15, 0.2) is 12.1 Å². The van der Waals surface area contributed by atoms with Gasteiger partial charge in [0.05, 0.1) is 17.3 Å². The van der Waals surface area contributed by atoms with Gasteiger partial charge >= 0.3 is 0 Å². The van der Waals surface area contributed by atoms with Crippen LogP contribution in [0.15, 0.2) is 52.8 Å². The molecule has 2 heterocycles.